The van der Waals surface area contributed by atoms with Gasteiger partial charge in [0.2, 0.25) is 0 Å². The lowest BCUT2D eigenvalue weighted by Crippen LogP contribution is -2.06. The van der Waals surface area contributed by atoms with Crippen molar-refractivity contribution in [3.05, 3.63) is 54.1 Å². The molecule has 2 aromatic carbocycles. The van der Waals surface area contributed by atoms with E-state index in [1.807, 2.05) is 30.3 Å². The Morgan fingerprint density at radius 3 is 2.76 bits per heavy atom. The van der Waals surface area contributed by atoms with Crippen LogP contribution in [0.1, 0.15) is 25.3 Å². The zero-order valence-electron chi connectivity index (χ0n) is 14.1. The number of nitrogens with zero attached hydrogens (tertiary/aromatic N) is 1. The van der Waals surface area contributed by atoms with Crippen molar-refractivity contribution < 1.29 is 19.4 Å². The molecule has 0 radical (unpaired) electrons. The SMILES string of the molecule is CCOC(=O)CCCOc1ccc(C=NNc2ccccc2)c(O)c1. The van der Waals surface area contributed by atoms with Crippen LogP contribution in [0, 0.1) is 0 Å². The summed E-state index contributed by atoms with van der Waals surface area (Å²) >= 11 is 0. The Hall–Kier alpha value is -3.02. The van der Waals surface area contributed by atoms with Crippen molar-refractivity contribution in [2.24, 2.45) is 5.10 Å². The van der Waals surface area contributed by atoms with Crippen LogP contribution in [0.5, 0.6) is 11.5 Å². The second-order valence-electron chi connectivity index (χ2n) is 5.21. The summed E-state index contributed by atoms with van der Waals surface area (Å²) in [5.41, 5.74) is 4.31. The van der Waals surface area contributed by atoms with Crippen LogP contribution in [0.3, 0.4) is 0 Å². The fourth-order valence-corrected chi connectivity index (χ4v) is 2.05. The molecule has 0 aliphatic rings. The van der Waals surface area contributed by atoms with Gasteiger partial charge < -0.3 is 14.6 Å². The standard InChI is InChI=1S/C19H22N2O4/c1-2-24-19(23)9-6-12-25-17-11-10-15(18(22)13-17)14-20-21-16-7-4-3-5-8-16/h3-5,7-8,10-11,13-14,21-22H,2,6,9,12H2,1H3. The molecule has 0 saturated heterocycles. The monoisotopic (exact) mass is 342 g/mol. The lowest BCUT2D eigenvalue weighted by molar-refractivity contribution is -0.143. The zero-order valence-corrected chi connectivity index (χ0v) is 14.1. The van der Waals surface area contributed by atoms with Gasteiger partial charge in [-0.05, 0) is 37.6 Å². The number of hydrazone groups is 1. The minimum absolute atomic E-state index is 0.0708. The minimum atomic E-state index is -0.230. The Labute approximate surface area is 147 Å². The summed E-state index contributed by atoms with van der Waals surface area (Å²) < 4.78 is 10.4. The predicted molar refractivity (Wildman–Crippen MR) is 97.1 cm³/mol. The summed E-state index contributed by atoms with van der Waals surface area (Å²) in [5, 5.41) is 14.1. The van der Waals surface area contributed by atoms with E-state index in [1.165, 1.54) is 12.3 Å². The van der Waals surface area contributed by atoms with Gasteiger partial charge >= 0.3 is 5.97 Å². The maximum atomic E-state index is 11.2. The molecule has 0 aliphatic carbocycles. The molecule has 2 N–H and O–H groups in total. The molecule has 6 nitrogen and oxygen atoms in total. The van der Waals surface area contributed by atoms with Crippen LogP contribution in [0.25, 0.3) is 0 Å². The van der Waals surface area contributed by atoms with Crippen LogP contribution in [0.4, 0.5) is 5.69 Å². The van der Waals surface area contributed by atoms with Gasteiger partial charge in [-0.1, -0.05) is 18.2 Å². The second-order valence-corrected chi connectivity index (χ2v) is 5.21. The van der Waals surface area contributed by atoms with E-state index < -0.39 is 0 Å². The van der Waals surface area contributed by atoms with Gasteiger partial charge in [-0.2, -0.15) is 5.10 Å². The van der Waals surface area contributed by atoms with Gasteiger partial charge in [0.1, 0.15) is 11.5 Å². The molecule has 0 saturated carbocycles. The van der Waals surface area contributed by atoms with Gasteiger partial charge in [0.05, 0.1) is 25.1 Å². The lowest BCUT2D eigenvalue weighted by atomic mass is 10.2. The first-order chi connectivity index (χ1) is 12.2. The Morgan fingerprint density at radius 1 is 1.24 bits per heavy atom. The molecule has 2 rings (SSSR count). The molecule has 25 heavy (non-hydrogen) atoms. The maximum Gasteiger partial charge on any atom is 0.305 e. The molecule has 0 heterocycles. The number of para-hydroxylation sites is 1. The van der Waals surface area contributed by atoms with Crippen LogP contribution in [0.15, 0.2) is 53.6 Å². The average Bonchev–Trinajstić information content (AvgIpc) is 2.62. The molecule has 0 spiro atoms. The summed E-state index contributed by atoms with van der Waals surface area (Å²) in [4.78, 5) is 11.2. The highest BCUT2D eigenvalue weighted by atomic mass is 16.5. The normalized spacial score (nSPS) is 10.6. The van der Waals surface area contributed by atoms with E-state index in [-0.39, 0.29) is 11.7 Å². The molecule has 2 aromatic rings. The van der Waals surface area contributed by atoms with E-state index in [0.717, 1.165) is 5.69 Å². The van der Waals surface area contributed by atoms with Crippen molar-refractivity contribution in [1.82, 2.24) is 0 Å². The Balaban J connectivity index is 1.80. The molecule has 0 fully saturated rings. The summed E-state index contributed by atoms with van der Waals surface area (Å²) in [7, 11) is 0. The predicted octanol–water partition coefficient (Wildman–Crippen LogP) is 3.56. The van der Waals surface area contributed by atoms with E-state index in [4.69, 9.17) is 9.47 Å². The molecule has 0 amide bonds. The van der Waals surface area contributed by atoms with Gasteiger partial charge in [-0.25, -0.2) is 0 Å². The second kappa shape index (κ2) is 9.97. The Kier molecular flexibility index (Phi) is 7.31. The van der Waals surface area contributed by atoms with E-state index in [1.54, 1.807) is 19.1 Å². The van der Waals surface area contributed by atoms with Crippen LogP contribution >= 0.6 is 0 Å². The molecular formula is C19H22N2O4. The van der Waals surface area contributed by atoms with E-state index in [2.05, 4.69) is 10.5 Å². The molecule has 6 heteroatoms. The summed E-state index contributed by atoms with van der Waals surface area (Å²) in [5.74, 6) is 0.377. The number of hydrogen-bond donors (Lipinski definition) is 2. The summed E-state index contributed by atoms with van der Waals surface area (Å²) in [6.07, 6.45) is 2.41. The Bertz CT molecular complexity index is 702. The highest BCUT2D eigenvalue weighted by Gasteiger charge is 2.04. The third kappa shape index (κ3) is 6.55. The minimum Gasteiger partial charge on any atom is -0.507 e. The van der Waals surface area contributed by atoms with Crippen LogP contribution < -0.4 is 10.2 Å². The van der Waals surface area contributed by atoms with Crippen LogP contribution in [0.2, 0.25) is 0 Å². The number of nitrogens with one attached hydrogen (secondary N) is 1. The number of ether oxygens (including phenoxy) is 2. The van der Waals surface area contributed by atoms with Crippen molar-refractivity contribution in [3.63, 3.8) is 0 Å². The van der Waals surface area contributed by atoms with Crippen molar-refractivity contribution in [3.8, 4) is 11.5 Å². The largest absolute Gasteiger partial charge is 0.507 e. The highest BCUT2D eigenvalue weighted by molar-refractivity contribution is 5.84. The van der Waals surface area contributed by atoms with Crippen molar-refractivity contribution in [2.75, 3.05) is 18.6 Å². The smallest absolute Gasteiger partial charge is 0.305 e. The first-order valence-corrected chi connectivity index (χ1v) is 8.14. The number of benzene rings is 2. The number of aromatic hydroxyl groups is 1. The van der Waals surface area contributed by atoms with Gasteiger partial charge in [-0.3, -0.25) is 10.2 Å². The number of rotatable bonds is 9. The number of phenols is 1. The van der Waals surface area contributed by atoms with Crippen LogP contribution in [-0.2, 0) is 9.53 Å². The average molecular weight is 342 g/mol. The van der Waals surface area contributed by atoms with E-state index in [0.29, 0.717) is 37.4 Å². The third-order valence-electron chi connectivity index (χ3n) is 3.27. The lowest BCUT2D eigenvalue weighted by Gasteiger charge is -2.07. The first kappa shape index (κ1) is 18.3. The van der Waals surface area contributed by atoms with Gasteiger partial charge in [0.15, 0.2) is 0 Å². The molecule has 0 aromatic heterocycles. The maximum absolute atomic E-state index is 11.2. The summed E-state index contributed by atoms with van der Waals surface area (Å²) in [6, 6.07) is 14.5. The highest BCUT2D eigenvalue weighted by Crippen LogP contribution is 2.22. The van der Waals surface area contributed by atoms with E-state index in [9.17, 15) is 9.90 Å². The van der Waals surface area contributed by atoms with Gasteiger partial charge in [-0.15, -0.1) is 0 Å². The zero-order chi connectivity index (χ0) is 17.9. The first-order valence-electron chi connectivity index (χ1n) is 8.14. The fourth-order valence-electron chi connectivity index (χ4n) is 2.05. The number of esters is 1. The fraction of sp³-hybridized carbons (Fsp3) is 0.263. The molecule has 0 atom stereocenters. The number of phenolic OH excluding ortho intramolecular Hbond substituents is 1. The topological polar surface area (TPSA) is 80.2 Å². The molecule has 132 valence electrons. The van der Waals surface area contributed by atoms with Crippen molar-refractivity contribution >= 4 is 17.9 Å². The number of carbonyl (C=O) groups excluding carboxylic acids is 1. The third-order valence-corrected chi connectivity index (χ3v) is 3.27. The molecular weight excluding hydrogens is 320 g/mol. The van der Waals surface area contributed by atoms with E-state index >= 15 is 0 Å². The van der Waals surface area contributed by atoms with Crippen LogP contribution in [-0.4, -0.2) is 30.5 Å². The molecule has 0 aliphatic heterocycles. The Morgan fingerprint density at radius 2 is 2.04 bits per heavy atom. The van der Waals surface area contributed by atoms with Gasteiger partial charge in [0.25, 0.3) is 0 Å². The van der Waals surface area contributed by atoms with Crippen molar-refractivity contribution in [1.29, 1.82) is 0 Å². The number of anilines is 1. The van der Waals surface area contributed by atoms with Gasteiger partial charge in [0, 0.05) is 18.1 Å². The molecule has 0 unspecified atom stereocenters. The van der Waals surface area contributed by atoms with Crippen molar-refractivity contribution in [2.45, 2.75) is 19.8 Å². The number of carbonyl (C=O) groups is 1. The summed E-state index contributed by atoms with van der Waals surface area (Å²) in [6.45, 7) is 2.54. The molecule has 0 bridgehead atoms. The quantitative estimate of drug-likeness (QED) is 0.315. The number of hydrogen-bond acceptors (Lipinski definition) is 6.